The molecular formula is C23H27N3O4. The van der Waals surface area contributed by atoms with Crippen molar-refractivity contribution in [2.24, 2.45) is 5.73 Å². The summed E-state index contributed by atoms with van der Waals surface area (Å²) in [6.45, 7) is 1.83. The van der Waals surface area contributed by atoms with Crippen LogP contribution >= 0.6 is 0 Å². The van der Waals surface area contributed by atoms with Crippen LogP contribution in [-0.4, -0.2) is 39.1 Å². The van der Waals surface area contributed by atoms with Gasteiger partial charge in [0.2, 0.25) is 11.8 Å². The van der Waals surface area contributed by atoms with Crippen LogP contribution in [0.2, 0.25) is 0 Å². The van der Waals surface area contributed by atoms with Crippen LogP contribution in [0.1, 0.15) is 35.2 Å². The second-order valence-electron chi connectivity index (χ2n) is 7.08. The maximum absolute atomic E-state index is 12.6. The first kappa shape index (κ1) is 21.2. The normalized spacial score (nSPS) is 13.9. The number of carbonyl (C=O) groups is 2. The van der Waals surface area contributed by atoms with Crippen molar-refractivity contribution in [3.8, 4) is 11.5 Å². The fraction of sp³-hybridized carbons (Fsp3) is 0.304. The number of amides is 2. The van der Waals surface area contributed by atoms with Crippen molar-refractivity contribution in [3.63, 3.8) is 0 Å². The third kappa shape index (κ3) is 5.11. The van der Waals surface area contributed by atoms with Gasteiger partial charge in [-0.05, 0) is 61.2 Å². The van der Waals surface area contributed by atoms with E-state index in [0.717, 1.165) is 37.2 Å². The van der Waals surface area contributed by atoms with Gasteiger partial charge in [-0.25, -0.2) is 0 Å². The van der Waals surface area contributed by atoms with Crippen LogP contribution in [0.3, 0.4) is 0 Å². The lowest BCUT2D eigenvalue weighted by Crippen LogP contribution is -2.30. The number of rotatable bonds is 7. The van der Waals surface area contributed by atoms with Crippen molar-refractivity contribution in [1.82, 2.24) is 0 Å². The molecule has 2 aromatic carbocycles. The topological polar surface area (TPSA) is 93.9 Å². The van der Waals surface area contributed by atoms with Gasteiger partial charge in [-0.15, -0.1) is 0 Å². The summed E-state index contributed by atoms with van der Waals surface area (Å²) in [4.78, 5) is 26.4. The molecule has 1 heterocycles. The highest BCUT2D eigenvalue weighted by Gasteiger charge is 2.17. The molecule has 0 aromatic heterocycles. The Morgan fingerprint density at radius 2 is 1.73 bits per heavy atom. The number of benzene rings is 2. The van der Waals surface area contributed by atoms with Gasteiger partial charge in [0.1, 0.15) is 0 Å². The first-order chi connectivity index (χ1) is 14.5. The van der Waals surface area contributed by atoms with Crippen LogP contribution in [-0.2, 0) is 4.79 Å². The van der Waals surface area contributed by atoms with E-state index in [1.165, 1.54) is 12.5 Å². The number of hydrogen-bond donors (Lipinski definition) is 2. The predicted molar refractivity (Wildman–Crippen MR) is 118 cm³/mol. The van der Waals surface area contributed by atoms with E-state index in [1.807, 2.05) is 12.1 Å². The molecule has 2 aromatic rings. The number of nitrogens with two attached hydrogens (primary N) is 1. The molecule has 0 saturated carbocycles. The van der Waals surface area contributed by atoms with Gasteiger partial charge in [-0.2, -0.15) is 0 Å². The fourth-order valence-corrected chi connectivity index (χ4v) is 3.50. The molecule has 0 radical (unpaired) electrons. The number of nitrogens with one attached hydrogen (secondary N) is 1. The smallest absolute Gasteiger partial charge is 0.248 e. The maximum atomic E-state index is 12.6. The van der Waals surface area contributed by atoms with Gasteiger partial charge in [-0.1, -0.05) is 6.07 Å². The summed E-state index contributed by atoms with van der Waals surface area (Å²) in [5.74, 6) is 0.372. The summed E-state index contributed by atoms with van der Waals surface area (Å²) in [6.07, 6.45) is 6.54. The Bertz CT molecular complexity index is 949. The second kappa shape index (κ2) is 9.82. The number of methoxy groups -OCH3 is 2. The molecule has 30 heavy (non-hydrogen) atoms. The number of primary amides is 1. The minimum atomic E-state index is -0.531. The van der Waals surface area contributed by atoms with Gasteiger partial charge in [-0.3, -0.25) is 9.59 Å². The third-order valence-electron chi connectivity index (χ3n) is 5.07. The zero-order valence-electron chi connectivity index (χ0n) is 17.3. The average molecular weight is 409 g/mol. The Hall–Kier alpha value is -3.48. The van der Waals surface area contributed by atoms with E-state index < -0.39 is 5.91 Å². The molecule has 158 valence electrons. The molecule has 7 heteroatoms. The first-order valence-electron chi connectivity index (χ1n) is 9.91. The molecule has 7 nitrogen and oxygen atoms in total. The molecule has 0 spiro atoms. The van der Waals surface area contributed by atoms with Crippen molar-refractivity contribution in [1.29, 1.82) is 0 Å². The van der Waals surface area contributed by atoms with Crippen LogP contribution < -0.4 is 25.4 Å². The Morgan fingerprint density at radius 3 is 2.40 bits per heavy atom. The summed E-state index contributed by atoms with van der Waals surface area (Å²) in [6, 6.07) is 10.6. The maximum Gasteiger partial charge on any atom is 0.248 e. The van der Waals surface area contributed by atoms with Crippen LogP contribution in [0.5, 0.6) is 11.5 Å². The predicted octanol–water partition coefficient (Wildman–Crippen LogP) is 3.44. The number of anilines is 2. The summed E-state index contributed by atoms with van der Waals surface area (Å²) in [5.41, 5.74) is 8.05. The molecule has 3 rings (SSSR count). The molecule has 0 atom stereocenters. The number of carbonyl (C=O) groups excluding carboxylic acids is 2. The highest BCUT2D eigenvalue weighted by Crippen LogP contribution is 2.30. The number of ether oxygens (including phenoxy) is 2. The molecule has 0 bridgehead atoms. The van der Waals surface area contributed by atoms with E-state index in [0.29, 0.717) is 22.7 Å². The Labute approximate surface area is 176 Å². The Balaban J connectivity index is 1.80. The molecule has 0 unspecified atom stereocenters. The van der Waals surface area contributed by atoms with Crippen molar-refractivity contribution >= 4 is 29.3 Å². The Morgan fingerprint density at radius 1 is 1.00 bits per heavy atom. The van der Waals surface area contributed by atoms with Gasteiger partial charge in [0, 0.05) is 24.7 Å². The molecule has 1 aliphatic heterocycles. The highest BCUT2D eigenvalue weighted by molar-refractivity contribution is 6.05. The van der Waals surface area contributed by atoms with E-state index in [9.17, 15) is 9.59 Å². The van der Waals surface area contributed by atoms with Crippen molar-refractivity contribution < 1.29 is 19.1 Å². The van der Waals surface area contributed by atoms with Crippen LogP contribution in [0.4, 0.5) is 11.4 Å². The van der Waals surface area contributed by atoms with Crippen molar-refractivity contribution in [3.05, 3.63) is 53.6 Å². The highest BCUT2D eigenvalue weighted by atomic mass is 16.5. The summed E-state index contributed by atoms with van der Waals surface area (Å²) >= 11 is 0. The van der Waals surface area contributed by atoms with Gasteiger partial charge >= 0.3 is 0 Å². The molecule has 0 aliphatic carbocycles. The number of nitrogens with zero attached hydrogens (tertiary/aromatic N) is 1. The molecule has 1 aliphatic rings. The molecule has 1 saturated heterocycles. The average Bonchev–Trinajstić information content (AvgIpc) is 2.78. The number of piperidine rings is 1. The van der Waals surface area contributed by atoms with E-state index in [1.54, 1.807) is 44.6 Å². The lowest BCUT2D eigenvalue weighted by Gasteiger charge is -2.30. The second-order valence-corrected chi connectivity index (χ2v) is 7.08. The van der Waals surface area contributed by atoms with Gasteiger partial charge in [0.25, 0.3) is 0 Å². The monoisotopic (exact) mass is 409 g/mol. The summed E-state index contributed by atoms with van der Waals surface area (Å²) in [5, 5.41) is 2.89. The van der Waals surface area contributed by atoms with E-state index in [-0.39, 0.29) is 5.91 Å². The molecule has 2 amide bonds. The standard InChI is InChI=1S/C23H27N3O4/c1-29-20-10-6-16(14-21(20)30-2)7-11-22(27)25-18-15-17(23(24)28)8-9-19(18)26-12-4-3-5-13-26/h6-11,14-15H,3-5,12-13H2,1-2H3,(H2,24,28)(H,25,27)/b11-7+. The zero-order valence-corrected chi connectivity index (χ0v) is 17.3. The van der Waals surface area contributed by atoms with Gasteiger partial charge in [0.05, 0.1) is 25.6 Å². The third-order valence-corrected chi connectivity index (χ3v) is 5.07. The number of hydrogen-bond acceptors (Lipinski definition) is 5. The van der Waals surface area contributed by atoms with E-state index >= 15 is 0 Å². The SMILES string of the molecule is COc1ccc(/C=C/C(=O)Nc2cc(C(N)=O)ccc2N2CCCCC2)cc1OC. The summed E-state index contributed by atoms with van der Waals surface area (Å²) in [7, 11) is 3.13. The lowest BCUT2D eigenvalue weighted by molar-refractivity contribution is -0.111. The van der Waals surface area contributed by atoms with Gasteiger partial charge < -0.3 is 25.4 Å². The van der Waals surface area contributed by atoms with Crippen molar-refractivity contribution in [2.45, 2.75) is 19.3 Å². The fourth-order valence-electron chi connectivity index (χ4n) is 3.50. The van der Waals surface area contributed by atoms with Crippen molar-refractivity contribution in [2.75, 3.05) is 37.5 Å². The lowest BCUT2D eigenvalue weighted by atomic mass is 10.1. The molecule has 3 N–H and O–H groups in total. The van der Waals surface area contributed by atoms with Crippen LogP contribution in [0.15, 0.2) is 42.5 Å². The quantitative estimate of drug-likeness (QED) is 0.683. The molecular weight excluding hydrogens is 382 g/mol. The minimum Gasteiger partial charge on any atom is -0.493 e. The first-order valence-corrected chi connectivity index (χ1v) is 9.91. The van der Waals surface area contributed by atoms with E-state index in [4.69, 9.17) is 15.2 Å². The minimum absolute atomic E-state index is 0.301. The van der Waals surface area contributed by atoms with Crippen LogP contribution in [0.25, 0.3) is 6.08 Å². The largest absolute Gasteiger partial charge is 0.493 e. The van der Waals surface area contributed by atoms with Gasteiger partial charge in [0.15, 0.2) is 11.5 Å². The zero-order chi connectivity index (χ0) is 21.5. The molecule has 1 fully saturated rings. The van der Waals surface area contributed by atoms with E-state index in [2.05, 4.69) is 10.2 Å². The van der Waals surface area contributed by atoms with Crippen LogP contribution in [0, 0.1) is 0 Å². The summed E-state index contributed by atoms with van der Waals surface area (Å²) < 4.78 is 10.5. The Kier molecular flexibility index (Phi) is 6.95.